The van der Waals surface area contributed by atoms with Gasteiger partial charge in [-0.25, -0.2) is 0 Å². The van der Waals surface area contributed by atoms with Gasteiger partial charge >= 0.3 is 0 Å². The fraction of sp³-hybridized carbons (Fsp3) is 0.500. The number of rotatable bonds is 6. The normalized spacial score (nSPS) is 10.2. The molecule has 0 amide bonds. The van der Waals surface area contributed by atoms with Crippen molar-refractivity contribution in [2.45, 2.75) is 26.8 Å². The predicted molar refractivity (Wildman–Crippen MR) is 69.0 cm³/mol. The van der Waals surface area contributed by atoms with E-state index in [9.17, 15) is 0 Å². The molecule has 4 heteroatoms. The smallest absolute Gasteiger partial charge is 0.175 e. The van der Waals surface area contributed by atoms with Crippen LogP contribution >= 0.6 is 15.9 Å². The first-order chi connectivity index (χ1) is 7.72. The molecule has 0 aliphatic heterocycles. The van der Waals surface area contributed by atoms with Crippen LogP contribution in [0.4, 0.5) is 0 Å². The van der Waals surface area contributed by atoms with E-state index in [0.29, 0.717) is 19.8 Å². The van der Waals surface area contributed by atoms with Crippen LogP contribution in [0.5, 0.6) is 11.5 Å². The van der Waals surface area contributed by atoms with Gasteiger partial charge in [0.25, 0.3) is 0 Å². The second-order valence-electron chi connectivity index (χ2n) is 3.39. The van der Waals surface area contributed by atoms with E-state index in [1.54, 1.807) is 0 Å². The molecule has 0 fully saturated rings. The maximum absolute atomic E-state index is 5.66. The molecule has 0 heterocycles. The van der Waals surface area contributed by atoms with Crippen LogP contribution in [0, 0.1) is 0 Å². The quantitative estimate of drug-likeness (QED) is 0.874. The molecule has 0 spiro atoms. The Labute approximate surface area is 105 Å². The second kappa shape index (κ2) is 6.76. The third kappa shape index (κ3) is 3.39. The SMILES string of the molecule is CCCOc1c(Br)cc(CN)cc1OCC. The van der Waals surface area contributed by atoms with Gasteiger partial charge in [-0.1, -0.05) is 6.92 Å². The molecule has 1 rings (SSSR count). The number of nitrogens with two attached hydrogens (primary N) is 1. The average molecular weight is 288 g/mol. The molecule has 0 bridgehead atoms. The Morgan fingerprint density at radius 2 is 2.00 bits per heavy atom. The van der Waals surface area contributed by atoms with E-state index in [0.717, 1.165) is 28.0 Å². The van der Waals surface area contributed by atoms with Gasteiger partial charge in [0.05, 0.1) is 17.7 Å². The van der Waals surface area contributed by atoms with Crippen molar-refractivity contribution in [1.29, 1.82) is 0 Å². The number of hydrogen-bond donors (Lipinski definition) is 1. The van der Waals surface area contributed by atoms with Gasteiger partial charge in [0.1, 0.15) is 0 Å². The zero-order valence-electron chi connectivity index (χ0n) is 9.75. The topological polar surface area (TPSA) is 44.5 Å². The Balaban J connectivity index is 3.01. The molecule has 0 aromatic heterocycles. The highest BCUT2D eigenvalue weighted by Gasteiger charge is 2.11. The molecule has 90 valence electrons. The molecule has 2 N–H and O–H groups in total. The van der Waals surface area contributed by atoms with Gasteiger partial charge in [-0.3, -0.25) is 0 Å². The summed E-state index contributed by atoms with van der Waals surface area (Å²) in [4.78, 5) is 0. The first kappa shape index (κ1) is 13.3. The highest BCUT2D eigenvalue weighted by molar-refractivity contribution is 9.10. The van der Waals surface area contributed by atoms with E-state index in [1.165, 1.54) is 0 Å². The average Bonchev–Trinajstić information content (AvgIpc) is 2.28. The standard InChI is InChI=1S/C12H18BrNO2/c1-3-5-16-12-10(13)6-9(8-14)7-11(12)15-4-2/h6-7H,3-5,8,14H2,1-2H3. The number of hydrogen-bond acceptors (Lipinski definition) is 3. The van der Waals surface area contributed by atoms with Crippen molar-refractivity contribution in [3.8, 4) is 11.5 Å². The van der Waals surface area contributed by atoms with Crippen molar-refractivity contribution in [2.24, 2.45) is 5.73 Å². The Hall–Kier alpha value is -0.740. The van der Waals surface area contributed by atoms with E-state index >= 15 is 0 Å². The highest BCUT2D eigenvalue weighted by Crippen LogP contribution is 2.36. The van der Waals surface area contributed by atoms with Crippen molar-refractivity contribution in [2.75, 3.05) is 13.2 Å². The summed E-state index contributed by atoms with van der Waals surface area (Å²) in [7, 11) is 0. The van der Waals surface area contributed by atoms with E-state index in [4.69, 9.17) is 15.2 Å². The first-order valence-corrected chi connectivity index (χ1v) is 6.30. The fourth-order valence-electron chi connectivity index (χ4n) is 1.35. The molecule has 0 radical (unpaired) electrons. The van der Waals surface area contributed by atoms with Gasteiger partial charge in [-0.2, -0.15) is 0 Å². The summed E-state index contributed by atoms with van der Waals surface area (Å²) in [6.07, 6.45) is 0.969. The van der Waals surface area contributed by atoms with Crippen LogP contribution in [-0.2, 0) is 6.54 Å². The lowest BCUT2D eigenvalue weighted by Crippen LogP contribution is -2.03. The van der Waals surface area contributed by atoms with E-state index in [1.807, 2.05) is 19.1 Å². The van der Waals surface area contributed by atoms with Gasteiger partial charge in [0, 0.05) is 6.54 Å². The van der Waals surface area contributed by atoms with Gasteiger partial charge in [0.15, 0.2) is 11.5 Å². The van der Waals surface area contributed by atoms with Crippen LogP contribution in [0.1, 0.15) is 25.8 Å². The monoisotopic (exact) mass is 287 g/mol. The predicted octanol–water partition coefficient (Wildman–Crippen LogP) is 3.10. The van der Waals surface area contributed by atoms with Crippen LogP contribution in [0.3, 0.4) is 0 Å². The molecule has 0 aliphatic carbocycles. The number of benzene rings is 1. The molecule has 0 saturated carbocycles. The highest BCUT2D eigenvalue weighted by atomic mass is 79.9. The van der Waals surface area contributed by atoms with E-state index in [2.05, 4.69) is 22.9 Å². The molecule has 0 saturated heterocycles. The molecule has 1 aromatic carbocycles. The van der Waals surface area contributed by atoms with Crippen molar-refractivity contribution < 1.29 is 9.47 Å². The first-order valence-electron chi connectivity index (χ1n) is 5.51. The van der Waals surface area contributed by atoms with Crippen molar-refractivity contribution in [3.05, 3.63) is 22.2 Å². The number of halogens is 1. The van der Waals surface area contributed by atoms with Crippen LogP contribution in [-0.4, -0.2) is 13.2 Å². The van der Waals surface area contributed by atoms with Crippen LogP contribution in [0.15, 0.2) is 16.6 Å². The molecule has 0 unspecified atom stereocenters. The lowest BCUT2D eigenvalue weighted by Gasteiger charge is -2.14. The zero-order chi connectivity index (χ0) is 12.0. The molecular weight excluding hydrogens is 270 g/mol. The summed E-state index contributed by atoms with van der Waals surface area (Å²) in [5.74, 6) is 1.52. The van der Waals surface area contributed by atoms with Gasteiger partial charge in [0.2, 0.25) is 0 Å². The lowest BCUT2D eigenvalue weighted by atomic mass is 10.2. The minimum absolute atomic E-state index is 0.493. The summed E-state index contributed by atoms with van der Waals surface area (Å²) in [5, 5.41) is 0. The maximum atomic E-state index is 5.66. The molecule has 0 atom stereocenters. The molecule has 0 aliphatic rings. The Morgan fingerprint density at radius 3 is 2.56 bits per heavy atom. The summed E-state index contributed by atoms with van der Waals surface area (Å²) in [5.41, 5.74) is 6.64. The van der Waals surface area contributed by atoms with Gasteiger partial charge in [-0.15, -0.1) is 0 Å². The summed E-state index contributed by atoms with van der Waals surface area (Å²) < 4.78 is 12.1. The Morgan fingerprint density at radius 1 is 1.25 bits per heavy atom. The summed E-state index contributed by atoms with van der Waals surface area (Å²) in [6.45, 7) is 5.81. The molecule has 1 aromatic rings. The maximum Gasteiger partial charge on any atom is 0.175 e. The molecular formula is C12H18BrNO2. The Kier molecular flexibility index (Phi) is 5.63. The third-order valence-electron chi connectivity index (χ3n) is 2.06. The van der Waals surface area contributed by atoms with Gasteiger partial charge in [-0.05, 0) is 47.0 Å². The second-order valence-corrected chi connectivity index (χ2v) is 4.24. The molecule has 16 heavy (non-hydrogen) atoms. The lowest BCUT2D eigenvalue weighted by molar-refractivity contribution is 0.275. The Bertz CT molecular complexity index is 342. The van der Waals surface area contributed by atoms with Crippen LogP contribution in [0.2, 0.25) is 0 Å². The minimum Gasteiger partial charge on any atom is -0.490 e. The van der Waals surface area contributed by atoms with E-state index in [-0.39, 0.29) is 0 Å². The number of ether oxygens (including phenoxy) is 2. The largest absolute Gasteiger partial charge is 0.490 e. The summed E-state index contributed by atoms with van der Waals surface area (Å²) in [6, 6.07) is 3.90. The van der Waals surface area contributed by atoms with Crippen LogP contribution < -0.4 is 15.2 Å². The minimum atomic E-state index is 0.493. The molecule has 3 nitrogen and oxygen atoms in total. The third-order valence-corrected chi connectivity index (χ3v) is 2.64. The zero-order valence-corrected chi connectivity index (χ0v) is 11.3. The summed E-state index contributed by atoms with van der Waals surface area (Å²) >= 11 is 3.48. The van der Waals surface area contributed by atoms with Crippen molar-refractivity contribution >= 4 is 15.9 Å². The van der Waals surface area contributed by atoms with Gasteiger partial charge < -0.3 is 15.2 Å². The van der Waals surface area contributed by atoms with Crippen LogP contribution in [0.25, 0.3) is 0 Å². The van der Waals surface area contributed by atoms with E-state index < -0.39 is 0 Å². The van der Waals surface area contributed by atoms with Crippen molar-refractivity contribution in [1.82, 2.24) is 0 Å². The van der Waals surface area contributed by atoms with Crippen molar-refractivity contribution in [3.63, 3.8) is 0 Å². The fourth-order valence-corrected chi connectivity index (χ4v) is 1.95.